The molecule has 2 bridgehead atoms. The first-order chi connectivity index (χ1) is 7.72. The zero-order valence-electron chi connectivity index (χ0n) is 8.43. The maximum atomic E-state index is 12.1. The number of likely N-dealkylation sites (tertiary alicyclic amines) is 1. The lowest BCUT2D eigenvalue weighted by Gasteiger charge is -2.31. The van der Waals surface area contributed by atoms with Crippen LogP contribution in [-0.2, 0) is 4.74 Å². The molecule has 1 aromatic rings. The van der Waals surface area contributed by atoms with Crippen molar-refractivity contribution in [2.45, 2.75) is 25.0 Å². The van der Waals surface area contributed by atoms with E-state index in [1.165, 1.54) is 0 Å². The molecular formula is C9H10ClN3O2S. The van der Waals surface area contributed by atoms with Crippen molar-refractivity contribution in [2.24, 2.45) is 0 Å². The minimum atomic E-state index is -0.0791. The summed E-state index contributed by atoms with van der Waals surface area (Å²) in [5.41, 5.74) is 0. The van der Waals surface area contributed by atoms with Crippen molar-refractivity contribution in [1.29, 1.82) is 0 Å². The average molecular weight is 260 g/mol. The van der Waals surface area contributed by atoms with Crippen LogP contribution in [0.4, 0.5) is 0 Å². The van der Waals surface area contributed by atoms with Gasteiger partial charge in [-0.1, -0.05) is 11.3 Å². The predicted molar refractivity (Wildman–Crippen MR) is 58.7 cm³/mol. The summed E-state index contributed by atoms with van der Waals surface area (Å²) in [6, 6.07) is 0. The molecule has 1 amide bonds. The van der Waals surface area contributed by atoms with Crippen LogP contribution in [0.25, 0.3) is 0 Å². The predicted octanol–water partition coefficient (Wildman–Crippen LogP) is 1.19. The lowest BCUT2D eigenvalue weighted by Crippen LogP contribution is -2.45. The van der Waals surface area contributed by atoms with Crippen LogP contribution in [0.2, 0.25) is 4.47 Å². The summed E-state index contributed by atoms with van der Waals surface area (Å²) in [5.74, 6) is -0.0791. The lowest BCUT2D eigenvalue weighted by atomic mass is 10.2. The molecule has 2 aliphatic rings. The van der Waals surface area contributed by atoms with E-state index in [1.807, 2.05) is 0 Å². The van der Waals surface area contributed by atoms with Gasteiger partial charge in [0.05, 0.1) is 12.2 Å². The minimum absolute atomic E-state index is 0.0791. The van der Waals surface area contributed by atoms with E-state index in [0.29, 0.717) is 22.6 Å². The minimum Gasteiger partial charge on any atom is -0.371 e. The number of hydrogen-bond acceptors (Lipinski definition) is 5. The van der Waals surface area contributed by atoms with Gasteiger partial charge in [-0.25, -0.2) is 0 Å². The Labute approximate surface area is 101 Å². The summed E-state index contributed by atoms with van der Waals surface area (Å²) in [4.78, 5) is 13.8. The molecule has 5 nitrogen and oxygen atoms in total. The van der Waals surface area contributed by atoms with Crippen molar-refractivity contribution in [1.82, 2.24) is 15.1 Å². The Hall–Kier alpha value is -0.720. The van der Waals surface area contributed by atoms with Crippen molar-refractivity contribution in [2.75, 3.05) is 13.1 Å². The molecule has 0 aromatic carbocycles. The van der Waals surface area contributed by atoms with Crippen LogP contribution >= 0.6 is 22.9 Å². The van der Waals surface area contributed by atoms with Crippen molar-refractivity contribution >= 4 is 28.8 Å². The molecule has 1 aromatic heterocycles. The molecule has 0 aliphatic carbocycles. The first-order valence-corrected chi connectivity index (χ1v) is 6.35. The highest BCUT2D eigenvalue weighted by Gasteiger charge is 2.36. The van der Waals surface area contributed by atoms with Gasteiger partial charge in [0, 0.05) is 13.1 Å². The van der Waals surface area contributed by atoms with Gasteiger partial charge in [-0.2, -0.15) is 0 Å². The Morgan fingerprint density at radius 1 is 1.38 bits per heavy atom. The van der Waals surface area contributed by atoms with Crippen LogP contribution in [0.15, 0.2) is 0 Å². The summed E-state index contributed by atoms with van der Waals surface area (Å²) in [7, 11) is 0. The van der Waals surface area contributed by atoms with E-state index in [4.69, 9.17) is 16.3 Å². The van der Waals surface area contributed by atoms with Gasteiger partial charge in [-0.05, 0) is 24.4 Å². The number of carbonyl (C=O) groups is 1. The van der Waals surface area contributed by atoms with Crippen LogP contribution in [0.3, 0.4) is 0 Å². The molecule has 0 saturated carbocycles. The Morgan fingerprint density at radius 3 is 2.62 bits per heavy atom. The Kier molecular flexibility index (Phi) is 2.57. The maximum Gasteiger partial charge on any atom is 0.285 e. The fourth-order valence-corrected chi connectivity index (χ4v) is 3.00. The van der Waals surface area contributed by atoms with Crippen LogP contribution in [0.1, 0.15) is 22.6 Å². The lowest BCUT2D eigenvalue weighted by molar-refractivity contribution is -0.0303. The van der Waals surface area contributed by atoms with Gasteiger partial charge in [-0.3, -0.25) is 4.79 Å². The SMILES string of the molecule is O=C(c1nnc(Cl)s1)N1CC2CCC(C1)O2. The molecule has 2 saturated heterocycles. The number of ether oxygens (including phenoxy) is 1. The van der Waals surface area contributed by atoms with E-state index in [9.17, 15) is 4.79 Å². The summed E-state index contributed by atoms with van der Waals surface area (Å²) >= 11 is 6.79. The van der Waals surface area contributed by atoms with E-state index in [-0.39, 0.29) is 18.1 Å². The molecule has 3 rings (SSSR count). The second kappa shape index (κ2) is 3.94. The largest absolute Gasteiger partial charge is 0.371 e. The third kappa shape index (κ3) is 1.81. The van der Waals surface area contributed by atoms with Crippen molar-refractivity contribution in [3.63, 3.8) is 0 Å². The summed E-state index contributed by atoms with van der Waals surface area (Å²) in [6.07, 6.45) is 2.49. The Bertz CT molecular complexity index is 413. The number of aromatic nitrogens is 2. The number of hydrogen-bond donors (Lipinski definition) is 0. The molecule has 16 heavy (non-hydrogen) atoms. The number of fused-ring (bicyclic) bond motifs is 2. The molecular weight excluding hydrogens is 250 g/mol. The van der Waals surface area contributed by atoms with Crippen LogP contribution in [0, 0.1) is 0 Å². The number of amides is 1. The van der Waals surface area contributed by atoms with Crippen LogP contribution in [-0.4, -0.2) is 46.3 Å². The van der Waals surface area contributed by atoms with Gasteiger partial charge in [-0.15, -0.1) is 10.2 Å². The summed E-state index contributed by atoms with van der Waals surface area (Å²) in [6.45, 7) is 1.32. The summed E-state index contributed by atoms with van der Waals surface area (Å²) < 4.78 is 5.97. The Balaban J connectivity index is 1.76. The van der Waals surface area contributed by atoms with Crippen molar-refractivity contribution in [3.05, 3.63) is 9.47 Å². The number of rotatable bonds is 1. The van der Waals surface area contributed by atoms with E-state index >= 15 is 0 Å². The third-order valence-corrected chi connectivity index (χ3v) is 3.92. The topological polar surface area (TPSA) is 55.3 Å². The normalized spacial score (nSPS) is 28.4. The monoisotopic (exact) mass is 259 g/mol. The highest BCUT2D eigenvalue weighted by Crippen LogP contribution is 2.27. The van der Waals surface area contributed by atoms with Gasteiger partial charge in [0.15, 0.2) is 0 Å². The zero-order chi connectivity index (χ0) is 11.1. The molecule has 0 N–H and O–H groups in total. The second-order valence-electron chi connectivity index (χ2n) is 4.03. The van der Waals surface area contributed by atoms with E-state index in [1.54, 1.807) is 4.90 Å². The van der Waals surface area contributed by atoms with E-state index in [0.717, 1.165) is 24.2 Å². The smallest absolute Gasteiger partial charge is 0.285 e. The maximum absolute atomic E-state index is 12.1. The van der Waals surface area contributed by atoms with Crippen molar-refractivity contribution < 1.29 is 9.53 Å². The van der Waals surface area contributed by atoms with Crippen molar-refractivity contribution in [3.8, 4) is 0 Å². The average Bonchev–Trinajstić information content (AvgIpc) is 2.84. The standard InChI is InChI=1S/C9H10ClN3O2S/c10-9-12-11-7(16-9)8(14)13-3-5-1-2-6(4-13)15-5/h5-6H,1-4H2. The molecule has 3 heterocycles. The van der Waals surface area contributed by atoms with Gasteiger partial charge in [0.2, 0.25) is 9.47 Å². The molecule has 2 unspecified atom stereocenters. The molecule has 2 aliphatic heterocycles. The first kappa shape index (κ1) is 10.4. The Morgan fingerprint density at radius 2 is 2.06 bits per heavy atom. The molecule has 86 valence electrons. The summed E-state index contributed by atoms with van der Waals surface area (Å²) in [5, 5.41) is 7.77. The fraction of sp³-hybridized carbons (Fsp3) is 0.667. The van der Waals surface area contributed by atoms with E-state index in [2.05, 4.69) is 10.2 Å². The van der Waals surface area contributed by atoms with Crippen LogP contribution in [0.5, 0.6) is 0 Å². The molecule has 2 fully saturated rings. The first-order valence-electron chi connectivity index (χ1n) is 5.16. The van der Waals surface area contributed by atoms with Crippen LogP contribution < -0.4 is 0 Å². The molecule has 2 atom stereocenters. The second-order valence-corrected chi connectivity index (χ2v) is 5.59. The van der Waals surface area contributed by atoms with Gasteiger partial charge < -0.3 is 9.64 Å². The highest BCUT2D eigenvalue weighted by atomic mass is 35.5. The quantitative estimate of drug-likeness (QED) is 0.760. The molecule has 7 heteroatoms. The van der Waals surface area contributed by atoms with Gasteiger partial charge >= 0.3 is 0 Å². The number of nitrogens with zero attached hydrogens (tertiary/aromatic N) is 3. The highest BCUT2D eigenvalue weighted by molar-refractivity contribution is 7.17. The number of morpholine rings is 1. The zero-order valence-corrected chi connectivity index (χ0v) is 10.00. The molecule has 0 spiro atoms. The number of carbonyl (C=O) groups excluding carboxylic acids is 1. The third-order valence-electron chi connectivity index (χ3n) is 2.91. The molecule has 0 radical (unpaired) electrons. The number of halogens is 1. The fourth-order valence-electron chi connectivity index (χ4n) is 2.21. The van der Waals surface area contributed by atoms with Gasteiger partial charge in [0.1, 0.15) is 0 Å². The van der Waals surface area contributed by atoms with Gasteiger partial charge in [0.25, 0.3) is 5.91 Å². The van der Waals surface area contributed by atoms with E-state index < -0.39 is 0 Å².